The van der Waals surface area contributed by atoms with Gasteiger partial charge < -0.3 is 9.47 Å². The number of nitrogens with zero attached hydrogens (tertiary/aromatic N) is 3. The Labute approximate surface area is 113 Å². The van der Waals surface area contributed by atoms with Gasteiger partial charge in [0, 0.05) is 7.11 Å². The number of nitrogens with one attached hydrogen (secondary N) is 1. The summed E-state index contributed by atoms with van der Waals surface area (Å²) >= 11 is 1.24. The summed E-state index contributed by atoms with van der Waals surface area (Å²) in [7, 11) is 1.57. The molecule has 104 valence electrons. The largest absolute Gasteiger partial charge is 0.448 e. The van der Waals surface area contributed by atoms with E-state index < -0.39 is 6.09 Å². The Morgan fingerprint density at radius 3 is 3.05 bits per heavy atom. The monoisotopic (exact) mass is 286 g/mol. The molecule has 1 saturated heterocycles. The summed E-state index contributed by atoms with van der Waals surface area (Å²) in [6.45, 7) is 2.54. The Morgan fingerprint density at radius 1 is 1.63 bits per heavy atom. The molecule has 1 atom stereocenters. The van der Waals surface area contributed by atoms with Crippen molar-refractivity contribution in [3.8, 4) is 0 Å². The Hall–Kier alpha value is -1.74. The number of hydrogen-bond acceptors (Lipinski definition) is 7. The fourth-order valence-electron chi connectivity index (χ4n) is 1.45. The average molecular weight is 286 g/mol. The summed E-state index contributed by atoms with van der Waals surface area (Å²) in [5.41, 5.74) is 0. The first kappa shape index (κ1) is 13.7. The van der Waals surface area contributed by atoms with Gasteiger partial charge in [-0.25, -0.2) is 4.79 Å². The number of anilines is 1. The van der Waals surface area contributed by atoms with Crippen LogP contribution >= 0.6 is 11.3 Å². The number of carbonyl (C=O) groups excluding carboxylic acids is 2. The second-order valence-electron chi connectivity index (χ2n) is 3.91. The Bertz CT molecular complexity index is 478. The fourth-order valence-corrected chi connectivity index (χ4v) is 2.24. The molecule has 2 amide bonds. The van der Waals surface area contributed by atoms with Crippen molar-refractivity contribution in [2.24, 2.45) is 0 Å². The van der Waals surface area contributed by atoms with Gasteiger partial charge in [-0.05, 0) is 6.92 Å². The molecule has 19 heavy (non-hydrogen) atoms. The summed E-state index contributed by atoms with van der Waals surface area (Å²) in [5.74, 6) is -0.327. The van der Waals surface area contributed by atoms with Crippen molar-refractivity contribution in [3.05, 3.63) is 5.01 Å². The molecule has 0 aliphatic carbocycles. The van der Waals surface area contributed by atoms with Crippen molar-refractivity contribution in [2.45, 2.75) is 13.0 Å². The molecular formula is C10H14N4O4S. The van der Waals surface area contributed by atoms with E-state index in [4.69, 9.17) is 9.47 Å². The fraction of sp³-hybridized carbons (Fsp3) is 0.600. The minimum atomic E-state index is -0.471. The molecule has 0 saturated carbocycles. The van der Waals surface area contributed by atoms with Crippen molar-refractivity contribution < 1.29 is 19.1 Å². The molecule has 1 aromatic rings. The molecule has 1 aromatic heterocycles. The third kappa shape index (κ3) is 3.38. The third-order valence-corrected chi connectivity index (χ3v) is 3.57. The lowest BCUT2D eigenvalue weighted by Crippen LogP contribution is -2.33. The Morgan fingerprint density at radius 2 is 2.42 bits per heavy atom. The van der Waals surface area contributed by atoms with Gasteiger partial charge in [-0.3, -0.25) is 15.0 Å². The maximum atomic E-state index is 11.7. The molecule has 0 spiro atoms. The molecule has 1 aliphatic rings. The van der Waals surface area contributed by atoms with Crippen LogP contribution in [0, 0.1) is 0 Å². The van der Waals surface area contributed by atoms with Crippen molar-refractivity contribution in [2.75, 3.05) is 32.1 Å². The number of amides is 2. The normalized spacial score (nSPS) is 16.3. The van der Waals surface area contributed by atoms with Gasteiger partial charge in [0.25, 0.3) is 0 Å². The molecule has 0 aromatic carbocycles. The minimum absolute atomic E-state index is 0.0480. The highest BCUT2D eigenvalue weighted by molar-refractivity contribution is 7.15. The maximum absolute atomic E-state index is 11.7. The molecule has 9 heteroatoms. The predicted molar refractivity (Wildman–Crippen MR) is 66.9 cm³/mol. The first-order valence-electron chi connectivity index (χ1n) is 5.68. The smallest absolute Gasteiger partial charge is 0.410 e. The van der Waals surface area contributed by atoms with Gasteiger partial charge in [0.1, 0.15) is 24.3 Å². The molecular weight excluding hydrogens is 272 g/mol. The SMILES string of the molecule is COC(C)c1nnc(NC(=O)CN2CCOC2=O)s1. The number of rotatable bonds is 5. The van der Waals surface area contributed by atoms with Crippen LogP contribution in [0.5, 0.6) is 0 Å². The van der Waals surface area contributed by atoms with Crippen LogP contribution < -0.4 is 5.32 Å². The van der Waals surface area contributed by atoms with Crippen molar-refractivity contribution in [1.82, 2.24) is 15.1 Å². The number of aromatic nitrogens is 2. The number of hydrogen-bond donors (Lipinski definition) is 1. The van der Waals surface area contributed by atoms with E-state index in [9.17, 15) is 9.59 Å². The third-order valence-electron chi connectivity index (χ3n) is 2.57. The molecule has 0 radical (unpaired) electrons. The van der Waals surface area contributed by atoms with Crippen LogP contribution in [-0.2, 0) is 14.3 Å². The van der Waals surface area contributed by atoms with Gasteiger partial charge in [-0.15, -0.1) is 10.2 Å². The Balaban J connectivity index is 1.88. The van der Waals surface area contributed by atoms with Crippen molar-refractivity contribution in [3.63, 3.8) is 0 Å². The molecule has 2 heterocycles. The van der Waals surface area contributed by atoms with E-state index in [2.05, 4.69) is 15.5 Å². The number of carbonyl (C=O) groups is 2. The quantitative estimate of drug-likeness (QED) is 0.853. The topological polar surface area (TPSA) is 93.7 Å². The van der Waals surface area contributed by atoms with Gasteiger partial charge in [0.05, 0.1) is 6.54 Å². The van der Waals surface area contributed by atoms with Gasteiger partial charge in [0.2, 0.25) is 11.0 Å². The van der Waals surface area contributed by atoms with E-state index in [1.54, 1.807) is 7.11 Å². The summed E-state index contributed by atoms with van der Waals surface area (Å²) in [6, 6.07) is 0. The van der Waals surface area contributed by atoms with E-state index in [1.807, 2.05) is 6.92 Å². The van der Waals surface area contributed by atoms with Crippen molar-refractivity contribution in [1.29, 1.82) is 0 Å². The van der Waals surface area contributed by atoms with E-state index in [1.165, 1.54) is 16.2 Å². The second-order valence-corrected chi connectivity index (χ2v) is 4.92. The molecule has 2 rings (SSSR count). The van der Waals surface area contributed by atoms with E-state index in [-0.39, 0.29) is 18.6 Å². The lowest BCUT2D eigenvalue weighted by atomic mass is 10.4. The van der Waals surface area contributed by atoms with Gasteiger partial charge >= 0.3 is 6.09 Å². The number of ether oxygens (including phenoxy) is 2. The second kappa shape index (κ2) is 5.93. The van der Waals surface area contributed by atoms with Crippen LogP contribution in [0.3, 0.4) is 0 Å². The molecule has 1 fully saturated rings. The van der Waals surface area contributed by atoms with Crippen LogP contribution in [0.2, 0.25) is 0 Å². The summed E-state index contributed by atoms with van der Waals surface area (Å²) in [6.07, 6.45) is -0.641. The number of methoxy groups -OCH3 is 1. The zero-order valence-corrected chi connectivity index (χ0v) is 11.4. The van der Waals surface area contributed by atoms with E-state index in [0.29, 0.717) is 23.3 Å². The Kier molecular flexibility index (Phi) is 4.27. The average Bonchev–Trinajstić information content (AvgIpc) is 2.99. The molecule has 1 unspecified atom stereocenters. The molecule has 1 aliphatic heterocycles. The first-order valence-corrected chi connectivity index (χ1v) is 6.49. The van der Waals surface area contributed by atoms with Crippen LogP contribution in [0.15, 0.2) is 0 Å². The van der Waals surface area contributed by atoms with E-state index >= 15 is 0 Å². The van der Waals surface area contributed by atoms with Crippen LogP contribution in [0.1, 0.15) is 18.0 Å². The summed E-state index contributed by atoms with van der Waals surface area (Å²) in [4.78, 5) is 24.2. The lowest BCUT2D eigenvalue weighted by molar-refractivity contribution is -0.116. The zero-order valence-electron chi connectivity index (χ0n) is 10.6. The maximum Gasteiger partial charge on any atom is 0.410 e. The summed E-state index contributed by atoms with van der Waals surface area (Å²) in [5, 5.41) is 11.4. The van der Waals surface area contributed by atoms with Crippen molar-refractivity contribution >= 4 is 28.5 Å². The molecule has 0 bridgehead atoms. The lowest BCUT2D eigenvalue weighted by Gasteiger charge is -2.10. The van der Waals surface area contributed by atoms with Crippen LogP contribution in [-0.4, -0.2) is 53.9 Å². The summed E-state index contributed by atoms with van der Waals surface area (Å²) < 4.78 is 9.83. The first-order chi connectivity index (χ1) is 9.10. The highest BCUT2D eigenvalue weighted by Crippen LogP contribution is 2.23. The zero-order chi connectivity index (χ0) is 13.8. The predicted octanol–water partition coefficient (Wildman–Crippen LogP) is 0.636. The highest BCUT2D eigenvalue weighted by Gasteiger charge is 2.24. The van der Waals surface area contributed by atoms with Crippen LogP contribution in [0.25, 0.3) is 0 Å². The van der Waals surface area contributed by atoms with Gasteiger partial charge in [-0.1, -0.05) is 11.3 Å². The number of cyclic esters (lactones) is 1. The standard InChI is InChI=1S/C10H14N4O4S/c1-6(17-2)8-12-13-9(19-8)11-7(15)5-14-3-4-18-10(14)16/h6H,3-5H2,1-2H3,(H,11,13,15). The highest BCUT2D eigenvalue weighted by atomic mass is 32.1. The van der Waals surface area contributed by atoms with Crippen LogP contribution in [0.4, 0.5) is 9.93 Å². The minimum Gasteiger partial charge on any atom is -0.448 e. The molecule has 1 N–H and O–H groups in total. The van der Waals surface area contributed by atoms with Gasteiger partial charge in [-0.2, -0.15) is 0 Å². The van der Waals surface area contributed by atoms with E-state index in [0.717, 1.165) is 0 Å². The van der Waals surface area contributed by atoms with Gasteiger partial charge in [0.15, 0.2) is 0 Å². The molecule has 8 nitrogen and oxygen atoms in total.